The lowest BCUT2D eigenvalue weighted by Gasteiger charge is -2.11. The number of nitrogens with one attached hydrogen (secondary N) is 1. The van der Waals surface area contributed by atoms with Crippen LogP contribution in [-0.4, -0.2) is 13.4 Å². The van der Waals surface area contributed by atoms with Gasteiger partial charge in [0.05, 0.1) is 18.7 Å². The van der Waals surface area contributed by atoms with E-state index in [4.69, 9.17) is 10.00 Å². The number of hydrogen-bond donors (Lipinski definition) is 1. The molecule has 0 unspecified atom stereocenters. The molecule has 2 aromatic carbocycles. The fourth-order valence-electron chi connectivity index (χ4n) is 1.92. The van der Waals surface area contributed by atoms with Crippen molar-refractivity contribution in [3.8, 4) is 11.8 Å². The molecule has 0 heterocycles. The number of nitriles is 1. The highest BCUT2D eigenvalue weighted by atomic mass is 32.2. The van der Waals surface area contributed by atoms with Gasteiger partial charge in [0.1, 0.15) is 5.75 Å². The van der Waals surface area contributed by atoms with Crippen molar-refractivity contribution in [1.82, 2.24) is 0 Å². The Balaban J connectivity index is 2.15. The van der Waals surface area contributed by atoms with E-state index < -0.39 is 0 Å². The number of rotatable bonds is 5. The monoisotopic (exact) mass is 284 g/mol. The van der Waals surface area contributed by atoms with E-state index in [2.05, 4.69) is 29.8 Å². The molecule has 0 fully saturated rings. The van der Waals surface area contributed by atoms with E-state index >= 15 is 0 Å². The lowest BCUT2D eigenvalue weighted by molar-refractivity contribution is 0.410. The van der Waals surface area contributed by atoms with E-state index in [-0.39, 0.29) is 0 Å². The summed E-state index contributed by atoms with van der Waals surface area (Å²) in [6.07, 6.45) is 2.05. The minimum absolute atomic E-state index is 0.622. The van der Waals surface area contributed by atoms with Gasteiger partial charge in [0.15, 0.2) is 0 Å². The van der Waals surface area contributed by atoms with Gasteiger partial charge in [0.25, 0.3) is 0 Å². The van der Waals surface area contributed by atoms with Gasteiger partial charge >= 0.3 is 0 Å². The molecule has 0 bridgehead atoms. The summed E-state index contributed by atoms with van der Waals surface area (Å²) in [4.78, 5) is 1.22. The number of benzene rings is 2. The first-order chi connectivity index (χ1) is 9.76. The standard InChI is InChI=1S/C16H16N2OS/c1-19-16-7-6-12(10-17)8-13(16)11-18-14-4-3-5-15(9-14)20-2/h3-9,18H,11H2,1-2H3. The Morgan fingerprint density at radius 3 is 2.80 bits per heavy atom. The number of hydrogen-bond acceptors (Lipinski definition) is 4. The molecule has 0 aromatic heterocycles. The van der Waals surface area contributed by atoms with Crippen molar-refractivity contribution in [2.45, 2.75) is 11.4 Å². The lowest BCUT2D eigenvalue weighted by atomic mass is 10.1. The van der Waals surface area contributed by atoms with Crippen molar-refractivity contribution in [3.63, 3.8) is 0 Å². The molecule has 0 aliphatic carbocycles. The van der Waals surface area contributed by atoms with Gasteiger partial charge in [-0.15, -0.1) is 11.8 Å². The van der Waals surface area contributed by atoms with Crippen LogP contribution in [0, 0.1) is 11.3 Å². The molecule has 20 heavy (non-hydrogen) atoms. The summed E-state index contributed by atoms with van der Waals surface area (Å²) in [6, 6.07) is 15.8. The predicted molar refractivity (Wildman–Crippen MR) is 83.3 cm³/mol. The smallest absolute Gasteiger partial charge is 0.123 e. The summed E-state index contributed by atoms with van der Waals surface area (Å²) in [6.45, 7) is 0.622. The van der Waals surface area contributed by atoms with Crippen molar-refractivity contribution in [3.05, 3.63) is 53.6 Å². The first kappa shape index (κ1) is 14.3. The molecule has 1 N–H and O–H groups in total. The zero-order chi connectivity index (χ0) is 14.4. The van der Waals surface area contributed by atoms with E-state index in [1.807, 2.05) is 24.3 Å². The average molecular weight is 284 g/mol. The maximum Gasteiger partial charge on any atom is 0.123 e. The quantitative estimate of drug-likeness (QED) is 0.846. The SMILES string of the molecule is COc1ccc(C#N)cc1CNc1cccc(SC)c1. The molecular formula is C16H16N2OS. The van der Waals surface area contributed by atoms with Crippen LogP contribution in [0.25, 0.3) is 0 Å². The van der Waals surface area contributed by atoms with Gasteiger partial charge in [-0.2, -0.15) is 5.26 Å². The zero-order valence-electron chi connectivity index (χ0n) is 11.5. The van der Waals surface area contributed by atoms with Crippen LogP contribution in [0.1, 0.15) is 11.1 Å². The Labute approximate surface area is 123 Å². The number of anilines is 1. The van der Waals surface area contributed by atoms with Gasteiger partial charge in [0, 0.05) is 22.7 Å². The molecule has 2 aromatic rings. The second-order valence-corrected chi connectivity index (χ2v) is 5.10. The van der Waals surface area contributed by atoms with Crippen LogP contribution in [0.3, 0.4) is 0 Å². The molecule has 3 nitrogen and oxygen atoms in total. The highest BCUT2D eigenvalue weighted by molar-refractivity contribution is 7.98. The molecule has 0 amide bonds. The molecule has 0 saturated carbocycles. The maximum absolute atomic E-state index is 8.97. The largest absolute Gasteiger partial charge is 0.496 e. The third kappa shape index (κ3) is 3.46. The van der Waals surface area contributed by atoms with Crippen molar-refractivity contribution in [1.29, 1.82) is 5.26 Å². The zero-order valence-corrected chi connectivity index (χ0v) is 12.3. The average Bonchev–Trinajstić information content (AvgIpc) is 2.52. The van der Waals surface area contributed by atoms with E-state index in [1.165, 1.54) is 4.90 Å². The molecule has 0 aliphatic rings. The topological polar surface area (TPSA) is 45.0 Å². The van der Waals surface area contributed by atoms with Crippen LogP contribution in [-0.2, 0) is 6.54 Å². The molecule has 0 aliphatic heterocycles. The summed E-state index contributed by atoms with van der Waals surface area (Å²) in [5.41, 5.74) is 2.67. The summed E-state index contributed by atoms with van der Waals surface area (Å²) in [7, 11) is 1.64. The van der Waals surface area contributed by atoms with E-state index in [9.17, 15) is 0 Å². The fraction of sp³-hybridized carbons (Fsp3) is 0.188. The van der Waals surface area contributed by atoms with Crippen molar-refractivity contribution < 1.29 is 4.74 Å². The van der Waals surface area contributed by atoms with Crippen LogP contribution in [0.2, 0.25) is 0 Å². The third-order valence-electron chi connectivity index (χ3n) is 2.96. The van der Waals surface area contributed by atoms with E-state index in [1.54, 1.807) is 24.9 Å². The second kappa shape index (κ2) is 6.88. The first-order valence-electron chi connectivity index (χ1n) is 6.21. The lowest BCUT2D eigenvalue weighted by Crippen LogP contribution is -2.02. The number of methoxy groups -OCH3 is 1. The summed E-state index contributed by atoms with van der Waals surface area (Å²) < 4.78 is 5.32. The van der Waals surface area contributed by atoms with Crippen LogP contribution in [0.15, 0.2) is 47.4 Å². The summed E-state index contributed by atoms with van der Waals surface area (Å²) >= 11 is 1.71. The Morgan fingerprint density at radius 2 is 2.10 bits per heavy atom. The Hall–Kier alpha value is -2.12. The van der Waals surface area contributed by atoms with Gasteiger partial charge in [0.2, 0.25) is 0 Å². The van der Waals surface area contributed by atoms with Crippen molar-refractivity contribution in [2.24, 2.45) is 0 Å². The van der Waals surface area contributed by atoms with Crippen molar-refractivity contribution in [2.75, 3.05) is 18.7 Å². The van der Waals surface area contributed by atoms with Crippen LogP contribution >= 0.6 is 11.8 Å². The second-order valence-electron chi connectivity index (χ2n) is 4.22. The van der Waals surface area contributed by atoms with Crippen LogP contribution in [0.5, 0.6) is 5.75 Å². The van der Waals surface area contributed by atoms with E-state index in [0.29, 0.717) is 12.1 Å². The third-order valence-corrected chi connectivity index (χ3v) is 3.69. The minimum atomic E-state index is 0.622. The van der Waals surface area contributed by atoms with Gasteiger partial charge in [-0.25, -0.2) is 0 Å². The van der Waals surface area contributed by atoms with Gasteiger partial charge in [-0.3, -0.25) is 0 Å². The minimum Gasteiger partial charge on any atom is -0.496 e. The van der Waals surface area contributed by atoms with Gasteiger partial charge in [-0.05, 0) is 42.7 Å². The molecule has 102 valence electrons. The van der Waals surface area contributed by atoms with Gasteiger partial charge < -0.3 is 10.1 Å². The van der Waals surface area contributed by atoms with Crippen LogP contribution in [0.4, 0.5) is 5.69 Å². The Morgan fingerprint density at radius 1 is 1.25 bits per heavy atom. The normalized spacial score (nSPS) is 9.85. The molecule has 4 heteroatoms. The first-order valence-corrected chi connectivity index (χ1v) is 7.44. The molecule has 0 atom stereocenters. The maximum atomic E-state index is 8.97. The number of thioether (sulfide) groups is 1. The molecule has 0 radical (unpaired) electrons. The Bertz CT molecular complexity index is 635. The summed E-state index contributed by atoms with van der Waals surface area (Å²) in [5.74, 6) is 0.789. The summed E-state index contributed by atoms with van der Waals surface area (Å²) in [5, 5.41) is 12.3. The van der Waals surface area contributed by atoms with E-state index in [0.717, 1.165) is 17.0 Å². The number of nitrogens with zero attached hydrogens (tertiary/aromatic N) is 1. The molecule has 0 saturated heterocycles. The van der Waals surface area contributed by atoms with Gasteiger partial charge in [-0.1, -0.05) is 6.07 Å². The fourth-order valence-corrected chi connectivity index (χ4v) is 2.38. The number of ether oxygens (including phenoxy) is 1. The molecular weight excluding hydrogens is 268 g/mol. The molecule has 0 spiro atoms. The highest BCUT2D eigenvalue weighted by Crippen LogP contribution is 2.23. The Kier molecular flexibility index (Phi) is 4.91. The molecule has 2 rings (SSSR count). The van der Waals surface area contributed by atoms with Crippen LogP contribution < -0.4 is 10.1 Å². The highest BCUT2D eigenvalue weighted by Gasteiger charge is 2.04. The van der Waals surface area contributed by atoms with Crippen molar-refractivity contribution >= 4 is 17.4 Å². The predicted octanol–water partition coefficient (Wildman–Crippen LogP) is 3.90.